The Morgan fingerprint density at radius 2 is 1.79 bits per heavy atom. The quantitative estimate of drug-likeness (QED) is 0.888. The van der Waals surface area contributed by atoms with E-state index in [0.29, 0.717) is 19.6 Å². The number of nitrogens with one attached hydrogen (secondary N) is 1. The van der Waals surface area contributed by atoms with Gasteiger partial charge in [-0.15, -0.1) is 0 Å². The first-order chi connectivity index (χ1) is 13.4. The fraction of sp³-hybridized carbons (Fsp3) is 0.391. The number of carbonyl (C=O) groups excluding carboxylic acids is 2. The molecule has 5 heteroatoms. The highest BCUT2D eigenvalue weighted by molar-refractivity contribution is 5.85. The number of piperazine rings is 1. The van der Waals surface area contributed by atoms with Crippen LogP contribution in [0.2, 0.25) is 0 Å². The first-order valence-electron chi connectivity index (χ1n) is 9.93. The van der Waals surface area contributed by atoms with Gasteiger partial charge in [-0.3, -0.25) is 4.79 Å². The van der Waals surface area contributed by atoms with Crippen molar-refractivity contribution >= 4 is 11.9 Å². The van der Waals surface area contributed by atoms with Gasteiger partial charge in [-0.2, -0.15) is 0 Å². The van der Waals surface area contributed by atoms with E-state index in [4.69, 9.17) is 0 Å². The Labute approximate surface area is 166 Å². The number of aryl methyl sites for hydroxylation is 2. The number of amides is 3. The average molecular weight is 377 g/mol. The monoisotopic (exact) mass is 377 g/mol. The Hall–Kier alpha value is -2.82. The van der Waals surface area contributed by atoms with Crippen LogP contribution in [-0.4, -0.2) is 41.4 Å². The van der Waals surface area contributed by atoms with Crippen molar-refractivity contribution in [2.24, 2.45) is 0 Å². The molecule has 2 aromatic carbocycles. The highest BCUT2D eigenvalue weighted by atomic mass is 16.2. The Morgan fingerprint density at radius 1 is 1.04 bits per heavy atom. The summed E-state index contributed by atoms with van der Waals surface area (Å²) in [7, 11) is 0. The van der Waals surface area contributed by atoms with E-state index in [2.05, 4.69) is 61.6 Å². The van der Waals surface area contributed by atoms with Crippen molar-refractivity contribution in [1.29, 1.82) is 0 Å². The highest BCUT2D eigenvalue weighted by Crippen LogP contribution is 2.45. The van der Waals surface area contributed by atoms with Crippen molar-refractivity contribution in [2.75, 3.05) is 19.6 Å². The van der Waals surface area contributed by atoms with E-state index in [-0.39, 0.29) is 24.0 Å². The Morgan fingerprint density at radius 3 is 2.43 bits per heavy atom. The van der Waals surface area contributed by atoms with Gasteiger partial charge in [-0.1, -0.05) is 59.7 Å². The molecule has 1 aliphatic heterocycles. The molecule has 2 aromatic rings. The van der Waals surface area contributed by atoms with Crippen LogP contribution in [0.15, 0.2) is 48.5 Å². The van der Waals surface area contributed by atoms with Gasteiger partial charge in [0.2, 0.25) is 5.91 Å². The van der Waals surface area contributed by atoms with Gasteiger partial charge < -0.3 is 15.1 Å². The fourth-order valence-electron chi connectivity index (χ4n) is 3.80. The SMILES string of the molecule is Cc1ccc(CN2CCN(C(=O)NC3(c4cccc(C)c4)CC3)CC2=O)cc1. The first-order valence-corrected chi connectivity index (χ1v) is 9.93. The molecule has 4 rings (SSSR count). The number of hydrogen-bond donors (Lipinski definition) is 1. The summed E-state index contributed by atoms with van der Waals surface area (Å²) in [6.45, 7) is 5.98. The van der Waals surface area contributed by atoms with Crippen LogP contribution >= 0.6 is 0 Å². The number of urea groups is 1. The lowest BCUT2D eigenvalue weighted by Crippen LogP contribution is -2.55. The van der Waals surface area contributed by atoms with Crippen LogP contribution in [0, 0.1) is 13.8 Å². The Balaban J connectivity index is 1.35. The predicted molar refractivity (Wildman–Crippen MR) is 109 cm³/mol. The minimum absolute atomic E-state index is 0.00220. The normalized spacial score (nSPS) is 18.1. The van der Waals surface area contributed by atoms with Crippen molar-refractivity contribution in [3.8, 4) is 0 Å². The zero-order valence-electron chi connectivity index (χ0n) is 16.6. The van der Waals surface area contributed by atoms with Gasteiger partial charge in [0.25, 0.3) is 0 Å². The molecule has 2 aliphatic rings. The maximum Gasteiger partial charge on any atom is 0.318 e. The molecule has 0 spiro atoms. The van der Waals surface area contributed by atoms with Gasteiger partial charge in [-0.25, -0.2) is 4.79 Å². The summed E-state index contributed by atoms with van der Waals surface area (Å²) in [6, 6.07) is 16.4. The second kappa shape index (κ2) is 7.30. The zero-order chi connectivity index (χ0) is 19.7. The number of nitrogens with zero attached hydrogens (tertiary/aromatic N) is 2. The zero-order valence-corrected chi connectivity index (χ0v) is 16.6. The Kier molecular flexibility index (Phi) is 4.84. The summed E-state index contributed by atoms with van der Waals surface area (Å²) in [6.07, 6.45) is 1.90. The summed E-state index contributed by atoms with van der Waals surface area (Å²) in [4.78, 5) is 28.9. The van der Waals surface area contributed by atoms with Crippen molar-refractivity contribution < 1.29 is 9.59 Å². The topological polar surface area (TPSA) is 52.6 Å². The van der Waals surface area contributed by atoms with Crippen molar-refractivity contribution in [3.05, 3.63) is 70.8 Å². The molecule has 3 amide bonds. The second-order valence-electron chi connectivity index (χ2n) is 8.10. The number of hydrogen-bond acceptors (Lipinski definition) is 2. The standard InChI is InChI=1S/C23H27N3O2/c1-17-6-8-19(9-7-17)15-25-12-13-26(16-21(25)27)22(28)24-23(10-11-23)20-5-3-4-18(2)14-20/h3-9,14H,10-13,15-16H2,1-2H3,(H,24,28). The molecule has 0 unspecified atom stereocenters. The molecular formula is C23H27N3O2. The van der Waals surface area contributed by atoms with Crippen molar-refractivity contribution in [3.63, 3.8) is 0 Å². The van der Waals surface area contributed by atoms with Crippen LogP contribution in [0.25, 0.3) is 0 Å². The van der Waals surface area contributed by atoms with Crippen LogP contribution < -0.4 is 5.32 Å². The number of carbonyl (C=O) groups is 2. The molecule has 1 heterocycles. The third-order valence-electron chi connectivity index (χ3n) is 5.77. The predicted octanol–water partition coefficient (Wildman–Crippen LogP) is 3.35. The maximum absolute atomic E-state index is 12.8. The summed E-state index contributed by atoms with van der Waals surface area (Å²) in [5.74, 6) is 0.00220. The van der Waals surface area contributed by atoms with Crippen LogP contribution in [0.4, 0.5) is 4.79 Å². The van der Waals surface area contributed by atoms with Crippen LogP contribution in [0.1, 0.15) is 35.1 Å². The smallest absolute Gasteiger partial charge is 0.318 e. The molecule has 0 aromatic heterocycles. The number of benzene rings is 2. The van der Waals surface area contributed by atoms with E-state index in [1.54, 1.807) is 4.90 Å². The molecule has 146 valence electrons. The van der Waals surface area contributed by atoms with Gasteiger partial charge in [-0.05, 0) is 37.8 Å². The lowest BCUT2D eigenvalue weighted by Gasteiger charge is -2.35. The minimum Gasteiger partial charge on any atom is -0.335 e. The van der Waals surface area contributed by atoms with Gasteiger partial charge >= 0.3 is 6.03 Å². The molecule has 1 saturated carbocycles. The van der Waals surface area contributed by atoms with E-state index < -0.39 is 0 Å². The van der Waals surface area contributed by atoms with Gasteiger partial charge in [0.1, 0.15) is 6.54 Å². The largest absolute Gasteiger partial charge is 0.335 e. The second-order valence-corrected chi connectivity index (χ2v) is 8.10. The lowest BCUT2D eigenvalue weighted by molar-refractivity contribution is -0.135. The summed E-state index contributed by atoms with van der Waals surface area (Å²) < 4.78 is 0. The molecule has 1 aliphatic carbocycles. The third kappa shape index (κ3) is 3.88. The van der Waals surface area contributed by atoms with Crippen LogP contribution in [0.5, 0.6) is 0 Å². The van der Waals surface area contributed by atoms with Crippen LogP contribution in [-0.2, 0) is 16.9 Å². The molecule has 2 fully saturated rings. The van der Waals surface area contributed by atoms with Gasteiger partial charge in [0.05, 0.1) is 5.54 Å². The highest BCUT2D eigenvalue weighted by Gasteiger charge is 2.46. The van der Waals surface area contributed by atoms with Crippen molar-refractivity contribution in [2.45, 2.75) is 38.8 Å². The van der Waals surface area contributed by atoms with E-state index in [1.165, 1.54) is 11.1 Å². The van der Waals surface area contributed by atoms with E-state index >= 15 is 0 Å². The summed E-state index contributed by atoms with van der Waals surface area (Å²) in [5, 5.41) is 3.19. The van der Waals surface area contributed by atoms with Crippen LogP contribution in [0.3, 0.4) is 0 Å². The number of rotatable bonds is 4. The molecule has 0 atom stereocenters. The Bertz CT molecular complexity index is 887. The molecule has 0 radical (unpaired) electrons. The van der Waals surface area contributed by atoms with Gasteiger partial charge in [0.15, 0.2) is 0 Å². The van der Waals surface area contributed by atoms with E-state index in [0.717, 1.165) is 24.0 Å². The first kappa shape index (κ1) is 18.5. The fourth-order valence-corrected chi connectivity index (χ4v) is 3.80. The average Bonchev–Trinajstić information content (AvgIpc) is 3.46. The molecule has 1 N–H and O–H groups in total. The minimum atomic E-state index is -0.259. The lowest BCUT2D eigenvalue weighted by atomic mass is 10.0. The molecule has 0 bridgehead atoms. The van der Waals surface area contributed by atoms with Gasteiger partial charge in [0, 0.05) is 19.6 Å². The van der Waals surface area contributed by atoms with E-state index in [1.807, 2.05) is 11.0 Å². The van der Waals surface area contributed by atoms with E-state index in [9.17, 15) is 9.59 Å². The summed E-state index contributed by atoms with van der Waals surface area (Å²) in [5.41, 5.74) is 4.42. The molecule has 1 saturated heterocycles. The maximum atomic E-state index is 12.8. The molecular weight excluding hydrogens is 350 g/mol. The summed E-state index contributed by atoms with van der Waals surface area (Å²) >= 11 is 0. The van der Waals surface area contributed by atoms with Crippen molar-refractivity contribution in [1.82, 2.24) is 15.1 Å². The molecule has 28 heavy (non-hydrogen) atoms. The third-order valence-corrected chi connectivity index (χ3v) is 5.77. The molecule has 5 nitrogen and oxygen atoms in total.